The Bertz CT molecular complexity index is 434. The number of nitrogens with two attached hydrogens (primary N) is 1. The zero-order valence-corrected chi connectivity index (χ0v) is 8.07. The number of hydrogen-bond donors (Lipinski definition) is 2. The number of aryl methyl sites for hydroxylation is 1. The minimum absolute atomic E-state index is 0.593. The molecule has 0 atom stereocenters. The standard InChI is InChI=1S/C9H13N5/c1-7-6-8-9(11-3-2-10)12-4-5-14(8)13-7/h4-6H,2-3,10H2,1H3,(H,11,12). The fourth-order valence-corrected chi connectivity index (χ4v) is 1.37. The van der Waals surface area contributed by atoms with Crippen LogP contribution in [0.5, 0.6) is 0 Å². The van der Waals surface area contributed by atoms with Crippen molar-refractivity contribution in [2.75, 3.05) is 18.4 Å². The summed E-state index contributed by atoms with van der Waals surface area (Å²) in [5.41, 5.74) is 7.38. The van der Waals surface area contributed by atoms with Crippen LogP contribution in [0.25, 0.3) is 5.52 Å². The normalized spacial score (nSPS) is 10.7. The van der Waals surface area contributed by atoms with Crippen molar-refractivity contribution >= 4 is 11.3 Å². The number of nitrogens with zero attached hydrogens (tertiary/aromatic N) is 3. The first kappa shape index (κ1) is 8.96. The molecule has 0 unspecified atom stereocenters. The van der Waals surface area contributed by atoms with Crippen molar-refractivity contribution in [1.29, 1.82) is 0 Å². The van der Waals surface area contributed by atoms with E-state index in [1.807, 2.05) is 19.2 Å². The van der Waals surface area contributed by atoms with Gasteiger partial charge in [-0.25, -0.2) is 9.50 Å². The van der Waals surface area contributed by atoms with Crippen molar-refractivity contribution in [1.82, 2.24) is 14.6 Å². The molecule has 0 aliphatic carbocycles. The van der Waals surface area contributed by atoms with Crippen LogP contribution in [0.4, 0.5) is 5.82 Å². The summed E-state index contributed by atoms with van der Waals surface area (Å²) in [6.45, 7) is 3.27. The van der Waals surface area contributed by atoms with Crippen LogP contribution in [0.1, 0.15) is 5.69 Å². The largest absolute Gasteiger partial charge is 0.367 e. The average Bonchev–Trinajstić information content (AvgIpc) is 2.55. The van der Waals surface area contributed by atoms with E-state index in [0.29, 0.717) is 6.54 Å². The fourth-order valence-electron chi connectivity index (χ4n) is 1.37. The van der Waals surface area contributed by atoms with Crippen molar-refractivity contribution < 1.29 is 0 Å². The van der Waals surface area contributed by atoms with Gasteiger partial charge >= 0.3 is 0 Å². The second-order valence-electron chi connectivity index (χ2n) is 3.11. The van der Waals surface area contributed by atoms with E-state index in [9.17, 15) is 0 Å². The third-order valence-electron chi connectivity index (χ3n) is 1.95. The van der Waals surface area contributed by atoms with Crippen LogP contribution in [0, 0.1) is 6.92 Å². The molecular formula is C9H13N5. The topological polar surface area (TPSA) is 68.2 Å². The predicted octanol–water partition coefficient (Wildman–Crippen LogP) is 0.408. The van der Waals surface area contributed by atoms with Crippen molar-refractivity contribution in [3.05, 3.63) is 24.2 Å². The zero-order chi connectivity index (χ0) is 9.97. The third kappa shape index (κ3) is 1.54. The van der Waals surface area contributed by atoms with E-state index in [-0.39, 0.29) is 0 Å². The van der Waals surface area contributed by atoms with Gasteiger partial charge in [0.1, 0.15) is 5.52 Å². The highest BCUT2D eigenvalue weighted by atomic mass is 15.2. The summed E-state index contributed by atoms with van der Waals surface area (Å²) in [7, 11) is 0. The maximum Gasteiger partial charge on any atom is 0.152 e. The van der Waals surface area contributed by atoms with E-state index >= 15 is 0 Å². The summed E-state index contributed by atoms with van der Waals surface area (Å²) in [4.78, 5) is 4.23. The number of fused-ring (bicyclic) bond motifs is 1. The summed E-state index contributed by atoms with van der Waals surface area (Å²) in [6.07, 6.45) is 3.55. The van der Waals surface area contributed by atoms with Gasteiger partial charge in [-0.3, -0.25) is 0 Å². The average molecular weight is 191 g/mol. The number of nitrogens with one attached hydrogen (secondary N) is 1. The molecule has 2 aromatic heterocycles. The Morgan fingerprint density at radius 3 is 3.21 bits per heavy atom. The Morgan fingerprint density at radius 1 is 1.57 bits per heavy atom. The minimum Gasteiger partial charge on any atom is -0.367 e. The van der Waals surface area contributed by atoms with Crippen LogP contribution in [-0.4, -0.2) is 27.7 Å². The van der Waals surface area contributed by atoms with Crippen molar-refractivity contribution in [3.63, 3.8) is 0 Å². The molecule has 0 aromatic carbocycles. The van der Waals surface area contributed by atoms with E-state index in [4.69, 9.17) is 5.73 Å². The highest BCUT2D eigenvalue weighted by Crippen LogP contribution is 2.13. The molecule has 14 heavy (non-hydrogen) atoms. The molecule has 0 bridgehead atoms. The molecule has 0 aliphatic heterocycles. The highest BCUT2D eigenvalue weighted by Gasteiger charge is 2.03. The van der Waals surface area contributed by atoms with Crippen LogP contribution in [0.2, 0.25) is 0 Å². The van der Waals surface area contributed by atoms with Gasteiger partial charge in [-0.1, -0.05) is 0 Å². The Kier molecular flexibility index (Phi) is 2.32. The molecule has 5 nitrogen and oxygen atoms in total. The fraction of sp³-hybridized carbons (Fsp3) is 0.333. The SMILES string of the molecule is Cc1cc2c(NCCN)nccn2n1. The predicted molar refractivity (Wildman–Crippen MR) is 55.3 cm³/mol. The lowest BCUT2D eigenvalue weighted by Crippen LogP contribution is -2.14. The Hall–Kier alpha value is -1.62. The van der Waals surface area contributed by atoms with Crippen molar-refractivity contribution in [3.8, 4) is 0 Å². The number of aromatic nitrogens is 3. The van der Waals surface area contributed by atoms with Gasteiger partial charge in [-0.05, 0) is 13.0 Å². The van der Waals surface area contributed by atoms with E-state index in [0.717, 1.165) is 23.6 Å². The first-order valence-corrected chi connectivity index (χ1v) is 4.56. The Balaban J connectivity index is 2.42. The molecule has 0 amide bonds. The zero-order valence-electron chi connectivity index (χ0n) is 8.07. The smallest absolute Gasteiger partial charge is 0.152 e. The second kappa shape index (κ2) is 3.63. The van der Waals surface area contributed by atoms with Crippen LogP contribution in [0.3, 0.4) is 0 Å². The van der Waals surface area contributed by atoms with Gasteiger partial charge in [0.15, 0.2) is 5.82 Å². The van der Waals surface area contributed by atoms with Crippen LogP contribution >= 0.6 is 0 Å². The molecule has 2 aromatic rings. The summed E-state index contributed by atoms with van der Waals surface area (Å²) < 4.78 is 1.81. The molecule has 0 radical (unpaired) electrons. The minimum atomic E-state index is 0.593. The molecule has 0 saturated heterocycles. The van der Waals surface area contributed by atoms with E-state index < -0.39 is 0 Å². The molecule has 0 aliphatic rings. The van der Waals surface area contributed by atoms with Gasteiger partial charge < -0.3 is 11.1 Å². The van der Waals surface area contributed by atoms with Crippen molar-refractivity contribution in [2.24, 2.45) is 5.73 Å². The van der Waals surface area contributed by atoms with Gasteiger partial charge in [0.25, 0.3) is 0 Å². The second-order valence-corrected chi connectivity index (χ2v) is 3.11. The van der Waals surface area contributed by atoms with Gasteiger partial charge in [-0.15, -0.1) is 0 Å². The lowest BCUT2D eigenvalue weighted by molar-refractivity contribution is 0.918. The maximum atomic E-state index is 5.41. The number of rotatable bonds is 3. The molecule has 0 fully saturated rings. The summed E-state index contributed by atoms with van der Waals surface area (Å²) in [5, 5.41) is 7.44. The quantitative estimate of drug-likeness (QED) is 0.737. The maximum absolute atomic E-state index is 5.41. The van der Waals surface area contributed by atoms with E-state index in [1.54, 1.807) is 10.7 Å². The Labute approximate surface area is 81.9 Å². The molecule has 5 heteroatoms. The van der Waals surface area contributed by atoms with E-state index in [1.165, 1.54) is 0 Å². The molecule has 74 valence electrons. The van der Waals surface area contributed by atoms with Crippen LogP contribution < -0.4 is 11.1 Å². The number of hydrogen-bond acceptors (Lipinski definition) is 4. The molecular weight excluding hydrogens is 178 g/mol. The molecule has 0 saturated carbocycles. The van der Waals surface area contributed by atoms with Gasteiger partial charge in [0.05, 0.1) is 5.69 Å². The lowest BCUT2D eigenvalue weighted by Gasteiger charge is -2.04. The van der Waals surface area contributed by atoms with Gasteiger partial charge in [-0.2, -0.15) is 5.10 Å². The van der Waals surface area contributed by atoms with E-state index in [2.05, 4.69) is 15.4 Å². The highest BCUT2D eigenvalue weighted by molar-refractivity contribution is 5.67. The molecule has 3 N–H and O–H groups in total. The molecule has 0 spiro atoms. The lowest BCUT2D eigenvalue weighted by atomic mass is 10.4. The summed E-state index contributed by atoms with van der Waals surface area (Å²) in [5.74, 6) is 0.832. The van der Waals surface area contributed by atoms with Crippen LogP contribution in [-0.2, 0) is 0 Å². The van der Waals surface area contributed by atoms with Crippen molar-refractivity contribution in [2.45, 2.75) is 6.92 Å². The third-order valence-corrected chi connectivity index (χ3v) is 1.95. The monoisotopic (exact) mass is 191 g/mol. The van der Waals surface area contributed by atoms with Gasteiger partial charge in [0.2, 0.25) is 0 Å². The molecule has 2 heterocycles. The first-order valence-electron chi connectivity index (χ1n) is 4.56. The number of anilines is 1. The van der Waals surface area contributed by atoms with Crippen LogP contribution in [0.15, 0.2) is 18.5 Å². The summed E-state index contributed by atoms with van der Waals surface area (Å²) >= 11 is 0. The van der Waals surface area contributed by atoms with Gasteiger partial charge in [0, 0.05) is 25.5 Å². The molecule has 2 rings (SSSR count). The Morgan fingerprint density at radius 2 is 2.43 bits per heavy atom. The summed E-state index contributed by atoms with van der Waals surface area (Å²) in [6, 6.07) is 1.99. The first-order chi connectivity index (χ1) is 6.81.